The number of nitrogens with zero attached hydrogens (tertiary/aromatic N) is 1. The summed E-state index contributed by atoms with van der Waals surface area (Å²) in [6.45, 7) is 5.52. The third kappa shape index (κ3) is 2.56. The highest BCUT2D eigenvalue weighted by molar-refractivity contribution is 5.74. The van der Waals surface area contributed by atoms with Gasteiger partial charge < -0.3 is 5.11 Å². The van der Waals surface area contributed by atoms with Crippen LogP contribution in [0.15, 0.2) is 30.3 Å². The van der Waals surface area contributed by atoms with Crippen LogP contribution in [0.2, 0.25) is 0 Å². The molecule has 2 rings (SSSR count). The fourth-order valence-electron chi connectivity index (χ4n) is 2.79. The molecule has 98 valence electrons. The first-order valence-electron chi connectivity index (χ1n) is 6.53. The predicted molar refractivity (Wildman–Crippen MR) is 71.3 cm³/mol. The first-order chi connectivity index (χ1) is 8.51. The van der Waals surface area contributed by atoms with Crippen molar-refractivity contribution in [2.45, 2.75) is 39.3 Å². The van der Waals surface area contributed by atoms with E-state index in [0.29, 0.717) is 0 Å². The molecule has 0 bridgehead atoms. The minimum Gasteiger partial charge on any atom is -0.481 e. The van der Waals surface area contributed by atoms with Crippen molar-refractivity contribution in [2.75, 3.05) is 6.54 Å². The van der Waals surface area contributed by atoms with Gasteiger partial charge in [-0.15, -0.1) is 0 Å². The predicted octanol–water partition coefficient (Wildman–Crippen LogP) is 2.76. The zero-order valence-corrected chi connectivity index (χ0v) is 11.1. The van der Waals surface area contributed by atoms with Gasteiger partial charge in [0.2, 0.25) is 0 Å². The summed E-state index contributed by atoms with van der Waals surface area (Å²) in [7, 11) is 0. The van der Waals surface area contributed by atoms with Gasteiger partial charge in [-0.05, 0) is 38.8 Å². The molecule has 1 atom stereocenters. The molecule has 3 heteroatoms. The van der Waals surface area contributed by atoms with E-state index < -0.39 is 11.4 Å². The molecule has 1 unspecified atom stereocenters. The molecule has 1 N–H and O–H groups in total. The van der Waals surface area contributed by atoms with Gasteiger partial charge in [0.15, 0.2) is 0 Å². The van der Waals surface area contributed by atoms with E-state index in [1.165, 1.54) is 5.56 Å². The molecule has 0 radical (unpaired) electrons. The summed E-state index contributed by atoms with van der Waals surface area (Å²) >= 11 is 0. The molecule has 1 aliphatic rings. The molecule has 1 saturated heterocycles. The van der Waals surface area contributed by atoms with Crippen LogP contribution in [0.5, 0.6) is 0 Å². The molecule has 18 heavy (non-hydrogen) atoms. The Morgan fingerprint density at radius 1 is 1.39 bits per heavy atom. The molecule has 0 saturated carbocycles. The molecule has 1 heterocycles. The third-order valence-electron chi connectivity index (χ3n) is 3.98. The number of benzene rings is 1. The van der Waals surface area contributed by atoms with Gasteiger partial charge in [0, 0.05) is 12.6 Å². The summed E-state index contributed by atoms with van der Waals surface area (Å²) in [5.41, 5.74) is 0.580. The molecule has 0 amide bonds. The Balaban J connectivity index is 2.11. The number of carboxylic acid groups (broad SMARTS) is 1. The van der Waals surface area contributed by atoms with Gasteiger partial charge >= 0.3 is 5.97 Å². The number of rotatable bonds is 4. The van der Waals surface area contributed by atoms with Crippen molar-refractivity contribution in [1.82, 2.24) is 4.90 Å². The molecule has 1 aromatic carbocycles. The highest BCUT2D eigenvalue weighted by Crippen LogP contribution is 2.34. The molecule has 0 aromatic heterocycles. The second-order valence-corrected chi connectivity index (χ2v) is 5.64. The SMILES string of the molecule is CC(C)(C(=O)O)C1CCCN1Cc1ccccc1. The van der Waals surface area contributed by atoms with Gasteiger partial charge in [0.25, 0.3) is 0 Å². The smallest absolute Gasteiger partial charge is 0.310 e. The summed E-state index contributed by atoms with van der Waals surface area (Å²) in [6.07, 6.45) is 2.07. The van der Waals surface area contributed by atoms with Crippen molar-refractivity contribution < 1.29 is 9.90 Å². The van der Waals surface area contributed by atoms with Crippen LogP contribution in [0.4, 0.5) is 0 Å². The molecular formula is C15H21NO2. The zero-order valence-electron chi connectivity index (χ0n) is 11.1. The Morgan fingerprint density at radius 3 is 2.67 bits per heavy atom. The van der Waals surface area contributed by atoms with E-state index >= 15 is 0 Å². The second-order valence-electron chi connectivity index (χ2n) is 5.64. The quantitative estimate of drug-likeness (QED) is 0.889. The lowest BCUT2D eigenvalue weighted by atomic mass is 9.83. The van der Waals surface area contributed by atoms with E-state index in [4.69, 9.17) is 0 Å². The van der Waals surface area contributed by atoms with E-state index in [0.717, 1.165) is 25.9 Å². The maximum Gasteiger partial charge on any atom is 0.310 e. The van der Waals surface area contributed by atoms with E-state index in [9.17, 15) is 9.90 Å². The monoisotopic (exact) mass is 247 g/mol. The molecule has 3 nitrogen and oxygen atoms in total. The van der Waals surface area contributed by atoms with Crippen LogP contribution >= 0.6 is 0 Å². The van der Waals surface area contributed by atoms with E-state index in [1.54, 1.807) is 0 Å². The number of hydrogen-bond donors (Lipinski definition) is 1. The van der Waals surface area contributed by atoms with Crippen LogP contribution in [-0.4, -0.2) is 28.6 Å². The van der Waals surface area contributed by atoms with Crippen LogP contribution in [0, 0.1) is 5.41 Å². The molecular weight excluding hydrogens is 226 g/mol. The van der Waals surface area contributed by atoms with Crippen molar-refractivity contribution in [1.29, 1.82) is 0 Å². The lowest BCUT2D eigenvalue weighted by Gasteiger charge is -2.34. The minimum absolute atomic E-state index is 0.134. The molecule has 0 spiro atoms. The summed E-state index contributed by atoms with van der Waals surface area (Å²) < 4.78 is 0. The van der Waals surface area contributed by atoms with Gasteiger partial charge in [0.1, 0.15) is 0 Å². The number of likely N-dealkylation sites (tertiary alicyclic amines) is 1. The number of hydrogen-bond acceptors (Lipinski definition) is 2. The van der Waals surface area contributed by atoms with Gasteiger partial charge in [-0.25, -0.2) is 0 Å². The average Bonchev–Trinajstić information content (AvgIpc) is 2.79. The van der Waals surface area contributed by atoms with Crippen molar-refractivity contribution in [3.8, 4) is 0 Å². The van der Waals surface area contributed by atoms with Crippen molar-refractivity contribution in [3.63, 3.8) is 0 Å². The third-order valence-corrected chi connectivity index (χ3v) is 3.98. The lowest BCUT2D eigenvalue weighted by Crippen LogP contribution is -2.45. The van der Waals surface area contributed by atoms with Gasteiger partial charge in [0.05, 0.1) is 5.41 Å². The van der Waals surface area contributed by atoms with Crippen LogP contribution in [-0.2, 0) is 11.3 Å². The lowest BCUT2D eigenvalue weighted by molar-refractivity contribution is -0.150. The van der Waals surface area contributed by atoms with Crippen LogP contribution in [0.1, 0.15) is 32.3 Å². The summed E-state index contributed by atoms with van der Waals surface area (Å²) in [5, 5.41) is 9.36. The van der Waals surface area contributed by atoms with Crippen molar-refractivity contribution in [2.24, 2.45) is 5.41 Å². The summed E-state index contributed by atoms with van der Waals surface area (Å²) in [6, 6.07) is 10.4. The normalized spacial score (nSPS) is 21.1. The Labute approximate surface area is 108 Å². The Hall–Kier alpha value is -1.35. The molecule has 1 aliphatic heterocycles. The maximum absolute atomic E-state index is 11.4. The molecule has 1 fully saturated rings. The topological polar surface area (TPSA) is 40.5 Å². The highest BCUT2D eigenvalue weighted by Gasteiger charge is 2.42. The number of aliphatic carboxylic acids is 1. The molecule has 0 aliphatic carbocycles. The Bertz CT molecular complexity index is 414. The van der Waals surface area contributed by atoms with Crippen LogP contribution < -0.4 is 0 Å². The summed E-state index contributed by atoms with van der Waals surface area (Å²) in [4.78, 5) is 13.7. The number of carbonyl (C=O) groups is 1. The van der Waals surface area contributed by atoms with E-state index in [-0.39, 0.29) is 6.04 Å². The van der Waals surface area contributed by atoms with Crippen LogP contribution in [0.3, 0.4) is 0 Å². The largest absolute Gasteiger partial charge is 0.481 e. The Kier molecular flexibility index (Phi) is 3.71. The van der Waals surface area contributed by atoms with E-state index in [2.05, 4.69) is 17.0 Å². The first kappa shape index (κ1) is 13.1. The first-order valence-corrected chi connectivity index (χ1v) is 6.53. The van der Waals surface area contributed by atoms with Crippen molar-refractivity contribution >= 4 is 5.97 Å². The van der Waals surface area contributed by atoms with Crippen molar-refractivity contribution in [3.05, 3.63) is 35.9 Å². The maximum atomic E-state index is 11.4. The number of carboxylic acids is 1. The van der Waals surface area contributed by atoms with Gasteiger partial charge in [-0.1, -0.05) is 30.3 Å². The van der Waals surface area contributed by atoms with E-state index in [1.807, 2.05) is 32.0 Å². The Morgan fingerprint density at radius 2 is 2.06 bits per heavy atom. The van der Waals surface area contributed by atoms with Gasteiger partial charge in [-0.3, -0.25) is 9.69 Å². The van der Waals surface area contributed by atoms with Gasteiger partial charge in [-0.2, -0.15) is 0 Å². The summed E-state index contributed by atoms with van der Waals surface area (Å²) in [5.74, 6) is -0.701. The minimum atomic E-state index is -0.701. The fourth-order valence-corrected chi connectivity index (χ4v) is 2.79. The second kappa shape index (κ2) is 5.11. The molecule has 1 aromatic rings. The van der Waals surface area contributed by atoms with Crippen LogP contribution in [0.25, 0.3) is 0 Å². The fraction of sp³-hybridized carbons (Fsp3) is 0.533. The average molecular weight is 247 g/mol. The highest BCUT2D eigenvalue weighted by atomic mass is 16.4. The zero-order chi connectivity index (χ0) is 13.2. The standard InChI is InChI=1S/C15H21NO2/c1-15(2,14(17)18)13-9-6-10-16(13)11-12-7-4-3-5-8-12/h3-5,7-8,13H,6,9-11H2,1-2H3,(H,17,18).